The Morgan fingerprint density at radius 1 is 1.38 bits per heavy atom. The summed E-state index contributed by atoms with van der Waals surface area (Å²) in [6, 6.07) is 9.68. The molecule has 0 unspecified atom stereocenters. The van der Waals surface area contributed by atoms with Gasteiger partial charge in [0.2, 0.25) is 5.91 Å². The minimum atomic E-state index is -0.257. The fourth-order valence-electron chi connectivity index (χ4n) is 2.78. The summed E-state index contributed by atoms with van der Waals surface area (Å²) in [6.45, 7) is 4.50. The van der Waals surface area contributed by atoms with Gasteiger partial charge in [0.1, 0.15) is 5.76 Å². The zero-order chi connectivity index (χ0) is 16.9. The molecule has 126 valence electrons. The molecule has 0 fully saturated rings. The Balaban J connectivity index is 1.54. The molecular weight excluding hydrogens is 304 g/mol. The predicted octanol–water partition coefficient (Wildman–Crippen LogP) is 3.01. The number of aromatic nitrogens is 2. The average molecular weight is 326 g/mol. The van der Waals surface area contributed by atoms with Gasteiger partial charge in [-0.3, -0.25) is 4.79 Å². The van der Waals surface area contributed by atoms with E-state index in [1.807, 2.05) is 25.3 Å². The first-order valence-corrected chi connectivity index (χ1v) is 8.20. The van der Waals surface area contributed by atoms with Gasteiger partial charge < -0.3 is 20.1 Å². The lowest BCUT2D eigenvalue weighted by molar-refractivity contribution is -0.118. The van der Waals surface area contributed by atoms with E-state index in [1.54, 1.807) is 13.0 Å². The maximum Gasteiger partial charge on any atom is 0.242 e. The van der Waals surface area contributed by atoms with E-state index in [0.717, 1.165) is 18.5 Å². The van der Waals surface area contributed by atoms with E-state index in [1.165, 1.54) is 10.9 Å². The number of benzene rings is 1. The highest BCUT2D eigenvalue weighted by Gasteiger charge is 2.17. The van der Waals surface area contributed by atoms with E-state index in [0.29, 0.717) is 18.0 Å². The topological polar surface area (TPSA) is 83.0 Å². The molecule has 2 heterocycles. The minimum Gasteiger partial charge on any atom is -0.361 e. The largest absolute Gasteiger partial charge is 0.361 e. The van der Waals surface area contributed by atoms with Crippen molar-refractivity contribution >= 4 is 22.6 Å². The Morgan fingerprint density at radius 2 is 2.21 bits per heavy atom. The Kier molecular flexibility index (Phi) is 4.96. The van der Waals surface area contributed by atoms with Crippen molar-refractivity contribution in [1.82, 2.24) is 15.5 Å². The van der Waals surface area contributed by atoms with Crippen LogP contribution in [-0.2, 0) is 11.2 Å². The number of hydrogen-bond acceptors (Lipinski definition) is 4. The van der Waals surface area contributed by atoms with Crippen molar-refractivity contribution < 1.29 is 9.32 Å². The number of anilines is 1. The fourth-order valence-corrected chi connectivity index (χ4v) is 2.78. The van der Waals surface area contributed by atoms with Gasteiger partial charge in [-0.25, -0.2) is 0 Å². The summed E-state index contributed by atoms with van der Waals surface area (Å²) in [5, 5.41) is 11.1. The lowest BCUT2D eigenvalue weighted by Crippen LogP contribution is -2.41. The van der Waals surface area contributed by atoms with Crippen molar-refractivity contribution in [3.8, 4) is 0 Å². The van der Waals surface area contributed by atoms with Crippen LogP contribution >= 0.6 is 0 Å². The molecular formula is C18H22N4O2. The molecule has 0 saturated heterocycles. The number of para-hydroxylation sites is 1. The summed E-state index contributed by atoms with van der Waals surface area (Å²) in [4.78, 5) is 15.6. The first-order valence-electron chi connectivity index (χ1n) is 8.20. The smallest absolute Gasteiger partial charge is 0.242 e. The van der Waals surface area contributed by atoms with E-state index in [2.05, 4.69) is 32.9 Å². The molecule has 2 aromatic heterocycles. The molecule has 24 heavy (non-hydrogen) atoms. The summed E-state index contributed by atoms with van der Waals surface area (Å²) in [7, 11) is 0. The van der Waals surface area contributed by atoms with E-state index >= 15 is 0 Å². The van der Waals surface area contributed by atoms with Crippen LogP contribution in [0.2, 0.25) is 0 Å². The first-order chi connectivity index (χ1) is 11.7. The number of fused-ring (bicyclic) bond motifs is 1. The van der Waals surface area contributed by atoms with Crippen LogP contribution in [0.25, 0.3) is 10.9 Å². The number of nitrogens with one attached hydrogen (secondary N) is 3. The summed E-state index contributed by atoms with van der Waals surface area (Å²) in [6.07, 6.45) is 3.60. The van der Waals surface area contributed by atoms with E-state index in [4.69, 9.17) is 4.52 Å². The molecule has 1 amide bonds. The molecule has 0 radical (unpaired) electrons. The summed E-state index contributed by atoms with van der Waals surface area (Å²) in [5.74, 6) is 1.03. The fraction of sp³-hybridized carbons (Fsp3) is 0.333. The van der Waals surface area contributed by atoms with Gasteiger partial charge in [-0.05, 0) is 37.9 Å². The molecule has 1 aromatic carbocycles. The van der Waals surface area contributed by atoms with Gasteiger partial charge in [0.15, 0.2) is 5.82 Å². The molecule has 3 rings (SSSR count). The van der Waals surface area contributed by atoms with Crippen LogP contribution in [-0.4, -0.2) is 28.6 Å². The number of hydrogen-bond donors (Lipinski definition) is 3. The van der Waals surface area contributed by atoms with Gasteiger partial charge in [-0.15, -0.1) is 0 Å². The van der Waals surface area contributed by atoms with Crippen LogP contribution in [0.4, 0.5) is 5.82 Å². The monoisotopic (exact) mass is 326 g/mol. The van der Waals surface area contributed by atoms with Crippen LogP contribution in [0.1, 0.15) is 24.7 Å². The maximum atomic E-state index is 12.3. The molecule has 0 spiro atoms. The average Bonchev–Trinajstić information content (AvgIpc) is 3.18. The Morgan fingerprint density at radius 3 is 2.96 bits per heavy atom. The third kappa shape index (κ3) is 3.65. The summed E-state index contributed by atoms with van der Waals surface area (Å²) >= 11 is 0. The lowest BCUT2D eigenvalue weighted by atomic mass is 10.1. The highest BCUT2D eigenvalue weighted by atomic mass is 16.5. The molecule has 0 aliphatic heterocycles. The van der Waals surface area contributed by atoms with Crippen LogP contribution in [0.5, 0.6) is 0 Å². The van der Waals surface area contributed by atoms with E-state index in [9.17, 15) is 4.79 Å². The SMILES string of the molecule is CC[C@@H](NCCc1c[nH]c2ccccc12)C(=O)Nc1cc(C)on1. The summed E-state index contributed by atoms with van der Waals surface area (Å²) in [5.41, 5.74) is 2.39. The number of nitrogens with zero attached hydrogens (tertiary/aromatic N) is 1. The van der Waals surface area contributed by atoms with Crippen molar-refractivity contribution in [2.45, 2.75) is 32.7 Å². The molecule has 6 heteroatoms. The third-order valence-electron chi connectivity index (χ3n) is 4.06. The van der Waals surface area contributed by atoms with Gasteiger partial charge in [-0.2, -0.15) is 0 Å². The van der Waals surface area contributed by atoms with Gasteiger partial charge in [0.25, 0.3) is 0 Å². The molecule has 0 saturated carbocycles. The number of carbonyl (C=O) groups excluding carboxylic acids is 1. The van der Waals surface area contributed by atoms with Crippen molar-refractivity contribution in [3.63, 3.8) is 0 Å². The highest BCUT2D eigenvalue weighted by molar-refractivity contribution is 5.94. The summed E-state index contributed by atoms with van der Waals surface area (Å²) < 4.78 is 4.96. The zero-order valence-corrected chi connectivity index (χ0v) is 13.9. The van der Waals surface area contributed by atoms with Gasteiger partial charge in [0, 0.05) is 23.2 Å². The lowest BCUT2D eigenvalue weighted by Gasteiger charge is -2.15. The van der Waals surface area contributed by atoms with Crippen molar-refractivity contribution in [2.75, 3.05) is 11.9 Å². The van der Waals surface area contributed by atoms with Crippen LogP contribution in [0.15, 0.2) is 41.1 Å². The molecule has 0 aliphatic rings. The Labute approximate surface area is 140 Å². The third-order valence-corrected chi connectivity index (χ3v) is 4.06. The second-order valence-electron chi connectivity index (χ2n) is 5.84. The normalized spacial score (nSPS) is 12.4. The molecule has 6 nitrogen and oxygen atoms in total. The second-order valence-corrected chi connectivity index (χ2v) is 5.84. The van der Waals surface area contributed by atoms with Gasteiger partial charge in [0.05, 0.1) is 6.04 Å². The number of aromatic amines is 1. The zero-order valence-electron chi connectivity index (χ0n) is 13.9. The molecule has 1 atom stereocenters. The number of H-pyrrole nitrogens is 1. The van der Waals surface area contributed by atoms with Crippen LogP contribution < -0.4 is 10.6 Å². The van der Waals surface area contributed by atoms with Gasteiger partial charge >= 0.3 is 0 Å². The van der Waals surface area contributed by atoms with Crippen LogP contribution in [0.3, 0.4) is 0 Å². The molecule has 0 aliphatic carbocycles. The van der Waals surface area contributed by atoms with Crippen molar-refractivity contribution in [2.24, 2.45) is 0 Å². The van der Waals surface area contributed by atoms with Crippen LogP contribution in [0, 0.1) is 6.92 Å². The standard InChI is InChI=1S/C18H22N4O2/c1-3-15(18(23)21-17-10-12(2)24-22-17)19-9-8-13-11-20-16-7-5-4-6-14(13)16/h4-7,10-11,15,19-20H,3,8-9H2,1-2H3,(H,21,22,23)/t15-/m1/s1. The second kappa shape index (κ2) is 7.31. The number of carbonyl (C=O) groups is 1. The predicted molar refractivity (Wildman–Crippen MR) is 94.0 cm³/mol. The van der Waals surface area contributed by atoms with E-state index in [-0.39, 0.29) is 11.9 Å². The highest BCUT2D eigenvalue weighted by Crippen LogP contribution is 2.17. The van der Waals surface area contributed by atoms with Gasteiger partial charge in [-0.1, -0.05) is 30.3 Å². The van der Waals surface area contributed by atoms with Crippen molar-refractivity contribution in [1.29, 1.82) is 0 Å². The molecule has 0 bridgehead atoms. The molecule has 3 N–H and O–H groups in total. The quantitative estimate of drug-likeness (QED) is 0.623. The number of amides is 1. The van der Waals surface area contributed by atoms with Crippen molar-refractivity contribution in [3.05, 3.63) is 47.9 Å². The number of aryl methyl sites for hydroxylation is 1. The minimum absolute atomic E-state index is 0.0928. The first kappa shape index (κ1) is 16.3. The maximum absolute atomic E-state index is 12.3. The number of rotatable bonds is 7. The Hall–Kier alpha value is -2.60. The Bertz CT molecular complexity index is 821. The van der Waals surface area contributed by atoms with E-state index < -0.39 is 0 Å². The molecule has 3 aromatic rings.